The van der Waals surface area contributed by atoms with Crippen LogP contribution in [0.25, 0.3) is 11.4 Å². The maximum Gasteiger partial charge on any atom is 0.241 e. The molecule has 1 N–H and O–H groups in total. The lowest BCUT2D eigenvalue weighted by atomic mass is 10.0. The van der Waals surface area contributed by atoms with Gasteiger partial charge in [-0.2, -0.15) is 4.98 Å². The largest absolute Gasteiger partial charge is 0.396 e. The number of rotatable bonds is 5. The first kappa shape index (κ1) is 15.2. The van der Waals surface area contributed by atoms with Gasteiger partial charge in [0.15, 0.2) is 0 Å². The third kappa shape index (κ3) is 3.36. The number of likely N-dealkylation sites (tertiary alicyclic amines) is 1. The fourth-order valence-electron chi connectivity index (χ4n) is 2.85. The number of nitrogens with zero attached hydrogens (tertiary/aromatic N) is 3. The summed E-state index contributed by atoms with van der Waals surface area (Å²) >= 11 is 0. The Labute approximate surface area is 131 Å². The van der Waals surface area contributed by atoms with E-state index in [-0.39, 0.29) is 6.61 Å². The Kier molecular flexibility index (Phi) is 4.55. The van der Waals surface area contributed by atoms with E-state index < -0.39 is 0 Å². The van der Waals surface area contributed by atoms with Crippen molar-refractivity contribution in [2.75, 3.05) is 19.7 Å². The number of hydrogen-bond acceptors (Lipinski definition) is 5. The first-order chi connectivity index (χ1) is 10.7. The number of aromatic nitrogens is 2. The molecule has 3 rings (SSSR count). The summed E-state index contributed by atoms with van der Waals surface area (Å²) in [7, 11) is 0. The molecular weight excluding hydrogens is 278 g/mol. The summed E-state index contributed by atoms with van der Waals surface area (Å²) in [5.41, 5.74) is 2.29. The molecule has 1 atom stereocenters. The summed E-state index contributed by atoms with van der Waals surface area (Å²) in [5, 5.41) is 13.3. The molecule has 0 amide bonds. The second-order valence-electron chi connectivity index (χ2n) is 6.36. The second kappa shape index (κ2) is 6.58. The Morgan fingerprint density at radius 1 is 1.32 bits per heavy atom. The summed E-state index contributed by atoms with van der Waals surface area (Å²) < 4.78 is 5.36. The average molecular weight is 301 g/mol. The molecule has 1 fully saturated rings. The second-order valence-corrected chi connectivity index (χ2v) is 6.36. The van der Waals surface area contributed by atoms with Crippen molar-refractivity contribution in [1.29, 1.82) is 0 Å². The van der Waals surface area contributed by atoms with Crippen LogP contribution in [-0.2, 0) is 6.54 Å². The van der Waals surface area contributed by atoms with E-state index in [9.17, 15) is 5.11 Å². The maximum absolute atomic E-state index is 9.19. The van der Waals surface area contributed by atoms with Crippen LogP contribution in [0.2, 0.25) is 0 Å². The predicted octanol–water partition coefficient (Wildman–Crippen LogP) is 2.67. The maximum atomic E-state index is 9.19. The highest BCUT2D eigenvalue weighted by atomic mass is 16.5. The molecule has 2 aromatic rings. The van der Waals surface area contributed by atoms with E-state index in [0.29, 0.717) is 30.1 Å². The topological polar surface area (TPSA) is 62.4 Å². The van der Waals surface area contributed by atoms with Crippen molar-refractivity contribution < 1.29 is 9.63 Å². The van der Waals surface area contributed by atoms with Crippen molar-refractivity contribution in [1.82, 2.24) is 15.0 Å². The highest BCUT2D eigenvalue weighted by Gasteiger charge is 2.23. The summed E-state index contributed by atoms with van der Waals surface area (Å²) in [6.07, 6.45) is 1.04. The first-order valence-electron chi connectivity index (χ1n) is 7.92. The molecule has 1 aliphatic rings. The Hall–Kier alpha value is -1.72. The molecule has 1 aromatic carbocycles. The van der Waals surface area contributed by atoms with Crippen molar-refractivity contribution in [3.05, 3.63) is 35.7 Å². The molecule has 1 aromatic heterocycles. The lowest BCUT2D eigenvalue weighted by molar-refractivity contribution is 0.211. The molecule has 1 aliphatic heterocycles. The van der Waals surface area contributed by atoms with E-state index in [1.807, 2.05) is 12.1 Å². The number of hydrogen-bond donors (Lipinski definition) is 1. The van der Waals surface area contributed by atoms with E-state index >= 15 is 0 Å². The highest BCUT2D eigenvalue weighted by Crippen LogP contribution is 2.22. The van der Waals surface area contributed by atoms with Crippen LogP contribution < -0.4 is 0 Å². The van der Waals surface area contributed by atoms with Crippen molar-refractivity contribution >= 4 is 0 Å². The molecule has 5 heteroatoms. The van der Waals surface area contributed by atoms with Gasteiger partial charge in [0.05, 0.1) is 6.54 Å². The molecule has 1 saturated heterocycles. The van der Waals surface area contributed by atoms with Gasteiger partial charge in [-0.25, -0.2) is 0 Å². The van der Waals surface area contributed by atoms with E-state index in [1.165, 1.54) is 5.56 Å². The van der Waals surface area contributed by atoms with Crippen molar-refractivity contribution in [3.8, 4) is 11.4 Å². The fraction of sp³-hybridized carbons (Fsp3) is 0.529. The Bertz CT molecular complexity index is 607. The van der Waals surface area contributed by atoms with E-state index in [4.69, 9.17) is 4.52 Å². The minimum atomic E-state index is 0.258. The lowest BCUT2D eigenvalue weighted by Gasteiger charge is -2.11. The number of benzene rings is 1. The SMILES string of the molecule is CC(C)c1ccc(-c2noc(CN3CCC(CO)C3)n2)cc1. The highest BCUT2D eigenvalue weighted by molar-refractivity contribution is 5.54. The standard InChI is InChI=1S/C17H23N3O2/c1-12(2)14-3-5-15(6-4-14)17-18-16(22-19-17)10-20-8-7-13(9-20)11-21/h3-6,12-13,21H,7-11H2,1-2H3. The van der Waals surface area contributed by atoms with Gasteiger partial charge >= 0.3 is 0 Å². The quantitative estimate of drug-likeness (QED) is 0.920. The first-order valence-corrected chi connectivity index (χ1v) is 7.92. The summed E-state index contributed by atoms with van der Waals surface area (Å²) in [5.74, 6) is 2.18. The Morgan fingerprint density at radius 2 is 2.09 bits per heavy atom. The van der Waals surface area contributed by atoms with Crippen LogP contribution in [0, 0.1) is 5.92 Å². The van der Waals surface area contributed by atoms with Gasteiger partial charge in [0.2, 0.25) is 11.7 Å². The van der Waals surface area contributed by atoms with E-state index in [1.54, 1.807) is 0 Å². The molecule has 1 unspecified atom stereocenters. The predicted molar refractivity (Wildman–Crippen MR) is 84.3 cm³/mol. The van der Waals surface area contributed by atoms with Crippen molar-refractivity contribution in [2.24, 2.45) is 5.92 Å². The molecular formula is C17H23N3O2. The molecule has 2 heterocycles. The summed E-state index contributed by atoms with van der Waals surface area (Å²) in [4.78, 5) is 6.74. The van der Waals surface area contributed by atoms with Gasteiger partial charge in [-0.3, -0.25) is 4.90 Å². The van der Waals surface area contributed by atoms with Crippen molar-refractivity contribution in [2.45, 2.75) is 32.7 Å². The number of aliphatic hydroxyl groups excluding tert-OH is 1. The zero-order valence-corrected chi connectivity index (χ0v) is 13.2. The minimum Gasteiger partial charge on any atom is -0.396 e. The third-order valence-electron chi connectivity index (χ3n) is 4.29. The molecule has 22 heavy (non-hydrogen) atoms. The van der Waals surface area contributed by atoms with Crippen LogP contribution in [0.1, 0.15) is 37.6 Å². The average Bonchev–Trinajstić information content (AvgIpc) is 3.17. The zero-order chi connectivity index (χ0) is 15.5. The van der Waals surface area contributed by atoms with Crippen LogP contribution in [0.15, 0.2) is 28.8 Å². The van der Waals surface area contributed by atoms with Gasteiger partial charge in [-0.05, 0) is 30.4 Å². The fourth-order valence-corrected chi connectivity index (χ4v) is 2.85. The number of aliphatic hydroxyl groups is 1. The molecule has 0 spiro atoms. The van der Waals surface area contributed by atoms with Gasteiger partial charge in [-0.1, -0.05) is 43.3 Å². The van der Waals surface area contributed by atoms with Crippen LogP contribution in [0.5, 0.6) is 0 Å². The van der Waals surface area contributed by atoms with Gasteiger partial charge in [-0.15, -0.1) is 0 Å². The third-order valence-corrected chi connectivity index (χ3v) is 4.29. The molecule has 0 bridgehead atoms. The molecule has 118 valence electrons. The normalized spacial score (nSPS) is 19.2. The smallest absolute Gasteiger partial charge is 0.241 e. The Morgan fingerprint density at radius 3 is 2.73 bits per heavy atom. The van der Waals surface area contributed by atoms with E-state index in [2.05, 4.69) is 41.0 Å². The molecule has 0 saturated carbocycles. The van der Waals surface area contributed by atoms with Gasteiger partial charge < -0.3 is 9.63 Å². The van der Waals surface area contributed by atoms with E-state index in [0.717, 1.165) is 25.1 Å². The van der Waals surface area contributed by atoms with Crippen LogP contribution in [0.3, 0.4) is 0 Å². The lowest BCUT2D eigenvalue weighted by Crippen LogP contribution is -2.21. The molecule has 0 radical (unpaired) electrons. The molecule has 5 nitrogen and oxygen atoms in total. The Balaban J connectivity index is 1.66. The monoisotopic (exact) mass is 301 g/mol. The van der Waals surface area contributed by atoms with Crippen LogP contribution >= 0.6 is 0 Å². The summed E-state index contributed by atoms with van der Waals surface area (Å²) in [6.45, 7) is 7.15. The van der Waals surface area contributed by atoms with Gasteiger partial charge in [0, 0.05) is 18.7 Å². The van der Waals surface area contributed by atoms with Gasteiger partial charge in [0.25, 0.3) is 0 Å². The minimum absolute atomic E-state index is 0.258. The summed E-state index contributed by atoms with van der Waals surface area (Å²) in [6, 6.07) is 8.31. The van der Waals surface area contributed by atoms with Gasteiger partial charge in [0.1, 0.15) is 0 Å². The van der Waals surface area contributed by atoms with Crippen LogP contribution in [0.4, 0.5) is 0 Å². The van der Waals surface area contributed by atoms with Crippen molar-refractivity contribution in [3.63, 3.8) is 0 Å². The zero-order valence-electron chi connectivity index (χ0n) is 13.2. The van der Waals surface area contributed by atoms with Crippen LogP contribution in [-0.4, -0.2) is 39.8 Å². The molecule has 0 aliphatic carbocycles.